The number of hydrogen-bond donors (Lipinski definition) is 3. The zero-order chi connectivity index (χ0) is 25.4. The number of carbonyl (C=O) groups excluding carboxylic acids is 2. The molecule has 0 bridgehead atoms. The van der Waals surface area contributed by atoms with Crippen LogP contribution >= 0.6 is 0 Å². The van der Waals surface area contributed by atoms with Gasteiger partial charge in [-0.3, -0.25) is 15.0 Å². The summed E-state index contributed by atoms with van der Waals surface area (Å²) in [5, 5.41) is 10.7. The van der Waals surface area contributed by atoms with Crippen LogP contribution < -0.4 is 11.1 Å². The highest BCUT2D eigenvalue weighted by molar-refractivity contribution is 5.96. The number of carbonyl (C=O) groups is 2. The van der Waals surface area contributed by atoms with Crippen molar-refractivity contribution >= 4 is 17.7 Å². The van der Waals surface area contributed by atoms with E-state index in [4.69, 9.17) is 15.9 Å². The fraction of sp³-hybridized carbons (Fsp3) is 0.276. The Morgan fingerprint density at radius 2 is 1.60 bits per heavy atom. The minimum atomic E-state index is -0.577. The van der Waals surface area contributed by atoms with Gasteiger partial charge in [0.15, 0.2) is 0 Å². The van der Waals surface area contributed by atoms with Gasteiger partial charge in [0.05, 0.1) is 13.0 Å². The molecule has 3 aromatic carbocycles. The molecule has 0 radical (unpaired) electrons. The van der Waals surface area contributed by atoms with Crippen LogP contribution in [0.5, 0.6) is 0 Å². The molecular weight excluding hydrogens is 438 g/mol. The SMILES string of the molecule is CCc1cccc(-c2ccc(C(=O)NC(CC)C(Cc3cccc(C(=N)N)c3)C(=O)OC)cc2)c1. The molecule has 2 atom stereocenters. The lowest BCUT2D eigenvalue weighted by molar-refractivity contribution is -0.146. The summed E-state index contributed by atoms with van der Waals surface area (Å²) in [6, 6.07) is 22.7. The second-order valence-electron chi connectivity index (χ2n) is 8.57. The first-order chi connectivity index (χ1) is 16.9. The predicted molar refractivity (Wildman–Crippen MR) is 139 cm³/mol. The Hall–Kier alpha value is -3.93. The number of nitrogen functional groups attached to an aromatic ring is 1. The number of amidine groups is 1. The number of nitrogens with one attached hydrogen (secondary N) is 2. The summed E-state index contributed by atoms with van der Waals surface area (Å²) in [5.41, 5.74) is 11.0. The number of ether oxygens (including phenoxy) is 1. The summed E-state index contributed by atoms with van der Waals surface area (Å²) in [5.74, 6) is -1.24. The molecule has 0 spiro atoms. The van der Waals surface area contributed by atoms with E-state index < -0.39 is 17.9 Å². The minimum Gasteiger partial charge on any atom is -0.469 e. The van der Waals surface area contributed by atoms with Gasteiger partial charge in [0.25, 0.3) is 5.91 Å². The first-order valence-electron chi connectivity index (χ1n) is 11.9. The summed E-state index contributed by atoms with van der Waals surface area (Å²) in [6.07, 6.45) is 1.88. The predicted octanol–water partition coefficient (Wildman–Crippen LogP) is 4.74. The normalized spacial score (nSPS) is 12.4. The van der Waals surface area contributed by atoms with Crippen molar-refractivity contribution in [2.24, 2.45) is 11.7 Å². The summed E-state index contributed by atoms with van der Waals surface area (Å²) in [4.78, 5) is 25.7. The van der Waals surface area contributed by atoms with Gasteiger partial charge < -0.3 is 15.8 Å². The van der Waals surface area contributed by atoms with Gasteiger partial charge in [-0.05, 0) is 59.7 Å². The number of benzene rings is 3. The monoisotopic (exact) mass is 471 g/mol. The highest BCUT2D eigenvalue weighted by atomic mass is 16.5. The Kier molecular flexibility index (Phi) is 8.79. The molecule has 6 heteroatoms. The number of rotatable bonds is 10. The highest BCUT2D eigenvalue weighted by Gasteiger charge is 2.30. The summed E-state index contributed by atoms with van der Waals surface area (Å²) < 4.78 is 5.06. The molecule has 0 aliphatic heterocycles. The molecule has 3 aromatic rings. The molecule has 182 valence electrons. The lowest BCUT2D eigenvalue weighted by Crippen LogP contribution is -2.44. The highest BCUT2D eigenvalue weighted by Crippen LogP contribution is 2.22. The average molecular weight is 472 g/mol. The van der Waals surface area contributed by atoms with E-state index in [2.05, 4.69) is 30.4 Å². The van der Waals surface area contributed by atoms with E-state index >= 15 is 0 Å². The summed E-state index contributed by atoms with van der Waals surface area (Å²) in [7, 11) is 1.35. The van der Waals surface area contributed by atoms with Gasteiger partial charge >= 0.3 is 5.97 Å². The molecule has 0 fully saturated rings. The van der Waals surface area contributed by atoms with Gasteiger partial charge in [-0.25, -0.2) is 0 Å². The Bertz CT molecular complexity index is 1190. The van der Waals surface area contributed by atoms with Crippen LogP contribution in [-0.2, 0) is 22.4 Å². The van der Waals surface area contributed by atoms with Crippen LogP contribution in [0.15, 0.2) is 72.8 Å². The summed E-state index contributed by atoms with van der Waals surface area (Å²) in [6.45, 7) is 4.05. The molecule has 1 amide bonds. The second kappa shape index (κ2) is 12.0. The number of hydrogen-bond acceptors (Lipinski definition) is 4. The van der Waals surface area contributed by atoms with Gasteiger partial charge in [0.1, 0.15) is 5.84 Å². The van der Waals surface area contributed by atoms with E-state index in [0.717, 1.165) is 23.1 Å². The number of methoxy groups -OCH3 is 1. The van der Waals surface area contributed by atoms with Crippen molar-refractivity contribution < 1.29 is 14.3 Å². The first-order valence-corrected chi connectivity index (χ1v) is 11.9. The standard InChI is InChI=1S/C29H33N3O3/c1-4-19-8-6-10-23(16-19)21-12-14-22(15-13-21)28(33)32-26(5-2)25(29(34)35-3)18-20-9-7-11-24(17-20)27(30)31/h6-17,25-26H,4-5,18H2,1-3H3,(H3,30,31)(H,32,33). The van der Waals surface area contributed by atoms with Crippen molar-refractivity contribution in [1.29, 1.82) is 5.41 Å². The van der Waals surface area contributed by atoms with E-state index in [9.17, 15) is 9.59 Å². The summed E-state index contributed by atoms with van der Waals surface area (Å²) >= 11 is 0. The fourth-order valence-corrected chi connectivity index (χ4v) is 4.18. The molecule has 3 rings (SSSR count). The smallest absolute Gasteiger partial charge is 0.311 e. The van der Waals surface area contributed by atoms with Crippen molar-refractivity contribution in [3.63, 3.8) is 0 Å². The van der Waals surface area contributed by atoms with Gasteiger partial charge in [-0.1, -0.05) is 68.4 Å². The molecule has 0 aliphatic carbocycles. The van der Waals surface area contributed by atoms with Crippen molar-refractivity contribution in [2.45, 2.75) is 39.2 Å². The number of esters is 1. The maximum absolute atomic E-state index is 13.1. The average Bonchev–Trinajstić information content (AvgIpc) is 2.90. The molecule has 4 N–H and O–H groups in total. The van der Waals surface area contributed by atoms with E-state index in [-0.39, 0.29) is 11.7 Å². The third kappa shape index (κ3) is 6.57. The number of amides is 1. The maximum Gasteiger partial charge on any atom is 0.311 e. The largest absolute Gasteiger partial charge is 0.469 e. The molecule has 0 saturated carbocycles. The first kappa shape index (κ1) is 25.7. The van der Waals surface area contributed by atoms with Crippen LogP contribution in [0.25, 0.3) is 11.1 Å². The lowest BCUT2D eigenvalue weighted by Gasteiger charge is -2.25. The molecule has 0 aromatic heterocycles. The molecule has 6 nitrogen and oxygen atoms in total. The van der Waals surface area contributed by atoms with Crippen molar-refractivity contribution in [2.75, 3.05) is 7.11 Å². The molecule has 0 heterocycles. The second-order valence-corrected chi connectivity index (χ2v) is 8.57. The Balaban J connectivity index is 1.77. The van der Waals surface area contributed by atoms with Crippen LogP contribution in [0.4, 0.5) is 0 Å². The van der Waals surface area contributed by atoms with Crippen molar-refractivity contribution in [3.8, 4) is 11.1 Å². The van der Waals surface area contributed by atoms with Crippen LogP contribution in [0.2, 0.25) is 0 Å². The van der Waals surface area contributed by atoms with E-state index in [0.29, 0.717) is 24.0 Å². The van der Waals surface area contributed by atoms with Gasteiger partial charge in [-0.2, -0.15) is 0 Å². The van der Waals surface area contributed by atoms with E-state index in [1.54, 1.807) is 30.3 Å². The molecule has 2 unspecified atom stereocenters. The van der Waals surface area contributed by atoms with Crippen LogP contribution in [-0.4, -0.2) is 30.9 Å². The van der Waals surface area contributed by atoms with Gasteiger partial charge in [-0.15, -0.1) is 0 Å². The van der Waals surface area contributed by atoms with E-state index in [1.165, 1.54) is 12.7 Å². The minimum absolute atomic E-state index is 0.0355. The maximum atomic E-state index is 13.1. The van der Waals surface area contributed by atoms with E-state index in [1.807, 2.05) is 31.2 Å². The zero-order valence-electron chi connectivity index (χ0n) is 20.5. The Labute approximate surface area is 207 Å². The molecule has 35 heavy (non-hydrogen) atoms. The molecule has 0 saturated heterocycles. The van der Waals surface area contributed by atoms with Crippen LogP contribution in [0, 0.1) is 11.3 Å². The third-order valence-corrected chi connectivity index (χ3v) is 6.26. The quantitative estimate of drug-likeness (QED) is 0.226. The number of aryl methyl sites for hydroxylation is 1. The van der Waals surface area contributed by atoms with Crippen LogP contribution in [0.1, 0.15) is 47.3 Å². The van der Waals surface area contributed by atoms with Crippen molar-refractivity contribution in [1.82, 2.24) is 5.32 Å². The zero-order valence-corrected chi connectivity index (χ0v) is 20.5. The van der Waals surface area contributed by atoms with Gasteiger partial charge in [0.2, 0.25) is 0 Å². The third-order valence-electron chi connectivity index (χ3n) is 6.26. The number of nitrogens with two attached hydrogens (primary N) is 1. The fourth-order valence-electron chi connectivity index (χ4n) is 4.18. The van der Waals surface area contributed by atoms with Crippen molar-refractivity contribution in [3.05, 3.63) is 95.1 Å². The van der Waals surface area contributed by atoms with Crippen LogP contribution in [0.3, 0.4) is 0 Å². The lowest BCUT2D eigenvalue weighted by atomic mass is 9.89. The Morgan fingerprint density at radius 3 is 2.23 bits per heavy atom. The Morgan fingerprint density at radius 1 is 0.914 bits per heavy atom. The topological polar surface area (TPSA) is 105 Å². The molecule has 0 aliphatic rings. The van der Waals surface area contributed by atoms with Gasteiger partial charge in [0, 0.05) is 17.2 Å². The molecular formula is C29H33N3O3.